The van der Waals surface area contributed by atoms with Gasteiger partial charge in [0.05, 0.1) is 0 Å². The van der Waals surface area contributed by atoms with E-state index in [4.69, 9.17) is 0 Å². The fourth-order valence-electron chi connectivity index (χ4n) is 6.67. The van der Waals surface area contributed by atoms with Crippen LogP contribution in [-0.2, 0) is 13.0 Å². The second kappa shape index (κ2) is 8.48. The Morgan fingerprint density at radius 3 is 2.51 bits per heavy atom. The van der Waals surface area contributed by atoms with E-state index in [1.54, 1.807) is 5.56 Å². The number of rotatable bonds is 4. The van der Waals surface area contributed by atoms with E-state index in [1.165, 1.54) is 81.6 Å². The van der Waals surface area contributed by atoms with Gasteiger partial charge in [-0.15, -0.1) is 0 Å². The fourth-order valence-corrected chi connectivity index (χ4v) is 6.67. The van der Waals surface area contributed by atoms with Crippen LogP contribution in [0.2, 0.25) is 0 Å². The van der Waals surface area contributed by atoms with Gasteiger partial charge in [-0.3, -0.25) is 0 Å². The van der Waals surface area contributed by atoms with Gasteiger partial charge < -0.3 is 14.4 Å². The monoisotopic (exact) mass is 463 g/mol. The maximum Gasteiger partial charge on any atom is 0.0491 e. The van der Waals surface area contributed by atoms with Gasteiger partial charge in [0.1, 0.15) is 0 Å². The molecule has 1 aromatic heterocycles. The lowest BCUT2D eigenvalue weighted by Gasteiger charge is -2.41. The zero-order chi connectivity index (χ0) is 24.3. The van der Waals surface area contributed by atoms with Gasteiger partial charge in [0, 0.05) is 67.6 Å². The molecule has 4 aromatic rings. The predicted molar refractivity (Wildman–Crippen MR) is 150 cm³/mol. The molecule has 0 N–H and O–H groups in total. The average molecular weight is 464 g/mol. The van der Waals surface area contributed by atoms with Gasteiger partial charge >= 0.3 is 0 Å². The van der Waals surface area contributed by atoms with Crippen molar-refractivity contribution in [3.05, 3.63) is 82.5 Å². The second-order valence-corrected chi connectivity index (χ2v) is 10.6. The van der Waals surface area contributed by atoms with Crippen LogP contribution < -0.4 is 9.80 Å². The van der Waals surface area contributed by atoms with Crippen LogP contribution >= 0.6 is 0 Å². The van der Waals surface area contributed by atoms with Crippen molar-refractivity contribution >= 4 is 22.3 Å². The lowest BCUT2D eigenvalue weighted by molar-refractivity contribution is 0.597. The Balaban J connectivity index is 1.55. The molecule has 35 heavy (non-hydrogen) atoms. The molecule has 2 aliphatic rings. The minimum absolute atomic E-state index is 0.455. The minimum atomic E-state index is 0.455. The molecule has 3 heteroatoms. The summed E-state index contributed by atoms with van der Waals surface area (Å²) in [6.07, 6.45) is 3.63. The molecule has 0 spiro atoms. The lowest BCUT2D eigenvalue weighted by Crippen LogP contribution is -2.36. The first-order valence-electron chi connectivity index (χ1n) is 13.3. The summed E-state index contributed by atoms with van der Waals surface area (Å²) in [6.45, 7) is 10.2. The fraction of sp³-hybridized carbons (Fsp3) is 0.375. The van der Waals surface area contributed by atoms with Gasteiger partial charge in [0.25, 0.3) is 0 Å². The molecular weight excluding hydrogens is 426 g/mol. The number of hydrogen-bond acceptors (Lipinski definition) is 2. The molecule has 180 valence electrons. The zero-order valence-corrected chi connectivity index (χ0v) is 21.9. The maximum absolute atomic E-state index is 2.66. The molecule has 0 saturated heterocycles. The van der Waals surface area contributed by atoms with E-state index in [-0.39, 0.29) is 0 Å². The summed E-state index contributed by atoms with van der Waals surface area (Å²) in [5, 5.41) is 1.43. The van der Waals surface area contributed by atoms with E-state index in [2.05, 4.69) is 104 Å². The Hall–Kier alpha value is -3.20. The highest BCUT2D eigenvalue weighted by Gasteiger charge is 2.31. The van der Waals surface area contributed by atoms with Crippen LogP contribution in [-0.4, -0.2) is 31.8 Å². The van der Waals surface area contributed by atoms with Crippen molar-refractivity contribution < 1.29 is 0 Å². The molecule has 0 saturated carbocycles. The molecule has 2 aliphatic heterocycles. The number of benzene rings is 3. The van der Waals surface area contributed by atoms with Crippen LogP contribution in [0.1, 0.15) is 53.6 Å². The molecular formula is C32H37N3. The number of aryl methyl sites for hydroxylation is 3. The van der Waals surface area contributed by atoms with Crippen molar-refractivity contribution in [2.45, 2.75) is 52.5 Å². The highest BCUT2D eigenvalue weighted by Crippen LogP contribution is 2.47. The normalized spacial score (nSPS) is 17.1. The molecule has 3 heterocycles. The van der Waals surface area contributed by atoms with Crippen molar-refractivity contribution in [1.29, 1.82) is 0 Å². The van der Waals surface area contributed by atoms with Crippen LogP contribution in [0.5, 0.6) is 0 Å². The number of anilines is 2. The molecule has 1 unspecified atom stereocenters. The first-order valence-corrected chi connectivity index (χ1v) is 13.3. The van der Waals surface area contributed by atoms with Crippen LogP contribution in [0.15, 0.2) is 54.6 Å². The Kier molecular flexibility index (Phi) is 5.40. The Morgan fingerprint density at radius 2 is 1.77 bits per heavy atom. The first-order chi connectivity index (χ1) is 17.0. The molecule has 0 bridgehead atoms. The smallest absolute Gasteiger partial charge is 0.0491 e. The third-order valence-corrected chi connectivity index (χ3v) is 8.57. The van der Waals surface area contributed by atoms with E-state index < -0.39 is 0 Å². The minimum Gasteiger partial charge on any atom is -0.378 e. The second-order valence-electron chi connectivity index (χ2n) is 10.6. The number of nitrogens with zero attached hydrogens (tertiary/aromatic N) is 3. The van der Waals surface area contributed by atoms with Crippen molar-refractivity contribution in [2.75, 3.05) is 37.0 Å². The molecule has 6 rings (SSSR count). The Labute approximate surface area is 210 Å². The summed E-state index contributed by atoms with van der Waals surface area (Å²) >= 11 is 0. The van der Waals surface area contributed by atoms with Crippen molar-refractivity contribution in [3.63, 3.8) is 0 Å². The Bertz CT molecular complexity index is 1410. The molecule has 3 nitrogen and oxygen atoms in total. The maximum atomic E-state index is 2.66. The van der Waals surface area contributed by atoms with E-state index in [9.17, 15) is 0 Å². The van der Waals surface area contributed by atoms with Crippen molar-refractivity contribution in [1.82, 2.24) is 4.57 Å². The molecule has 0 radical (unpaired) electrons. The standard InChI is InChI=1S/C32H37N3/c1-6-35-22(3)21(2)31-28(10-7-11-30(31)35)25-19-24-9-8-17-34-18-16-27(29(20-25)32(24)34)23-12-14-26(15-13-23)33(4)5/h7,10-15,19-20,27H,6,8-9,16-18H2,1-5H3. The van der Waals surface area contributed by atoms with Crippen LogP contribution in [0.4, 0.5) is 11.4 Å². The SMILES string of the molecule is CCn1c(C)c(C)c2c(-c3cc4c5c(c3)C(c3ccc(N(C)C)cc3)CCN5CCC4)cccc21. The average Bonchev–Trinajstić information content (AvgIpc) is 3.13. The van der Waals surface area contributed by atoms with Crippen LogP contribution in [0.3, 0.4) is 0 Å². The molecule has 1 atom stereocenters. The third kappa shape index (κ3) is 3.47. The van der Waals surface area contributed by atoms with Gasteiger partial charge in [0.2, 0.25) is 0 Å². The summed E-state index contributed by atoms with van der Waals surface area (Å²) in [7, 11) is 4.23. The molecule has 0 fully saturated rings. The predicted octanol–water partition coefficient (Wildman–Crippen LogP) is 7.30. The van der Waals surface area contributed by atoms with Gasteiger partial charge in [0.15, 0.2) is 0 Å². The van der Waals surface area contributed by atoms with Gasteiger partial charge in [-0.2, -0.15) is 0 Å². The summed E-state index contributed by atoms with van der Waals surface area (Å²) in [6, 6.07) is 21.2. The first kappa shape index (κ1) is 22.3. The highest BCUT2D eigenvalue weighted by atomic mass is 15.1. The van der Waals surface area contributed by atoms with Gasteiger partial charge in [-0.1, -0.05) is 24.3 Å². The van der Waals surface area contributed by atoms with E-state index in [1.807, 2.05) is 0 Å². The quantitative estimate of drug-likeness (QED) is 0.315. The summed E-state index contributed by atoms with van der Waals surface area (Å²) in [4.78, 5) is 4.84. The largest absolute Gasteiger partial charge is 0.378 e. The third-order valence-electron chi connectivity index (χ3n) is 8.57. The van der Waals surface area contributed by atoms with E-state index in [0.29, 0.717) is 5.92 Å². The van der Waals surface area contributed by atoms with Crippen LogP contribution in [0, 0.1) is 13.8 Å². The van der Waals surface area contributed by atoms with E-state index >= 15 is 0 Å². The molecule has 0 amide bonds. The van der Waals surface area contributed by atoms with Crippen LogP contribution in [0.25, 0.3) is 22.0 Å². The van der Waals surface area contributed by atoms with Crippen molar-refractivity contribution in [3.8, 4) is 11.1 Å². The van der Waals surface area contributed by atoms with Crippen molar-refractivity contribution in [2.24, 2.45) is 0 Å². The number of hydrogen-bond donors (Lipinski definition) is 0. The topological polar surface area (TPSA) is 11.4 Å². The van der Waals surface area contributed by atoms with Gasteiger partial charge in [-0.05, 0) is 104 Å². The zero-order valence-electron chi connectivity index (χ0n) is 21.9. The highest BCUT2D eigenvalue weighted by molar-refractivity contribution is 5.99. The lowest BCUT2D eigenvalue weighted by atomic mass is 9.79. The summed E-state index contributed by atoms with van der Waals surface area (Å²) in [5.41, 5.74) is 14.3. The number of fused-ring (bicyclic) bond motifs is 1. The summed E-state index contributed by atoms with van der Waals surface area (Å²) in [5.74, 6) is 0.455. The summed E-state index contributed by atoms with van der Waals surface area (Å²) < 4.78 is 2.47. The number of aromatic nitrogens is 1. The van der Waals surface area contributed by atoms with Gasteiger partial charge in [-0.25, -0.2) is 0 Å². The molecule has 0 aliphatic carbocycles. The Morgan fingerprint density at radius 1 is 0.971 bits per heavy atom. The van der Waals surface area contributed by atoms with E-state index in [0.717, 1.165) is 13.1 Å². The molecule has 3 aromatic carbocycles.